The van der Waals surface area contributed by atoms with Crippen molar-refractivity contribution in [2.75, 3.05) is 18.0 Å². The van der Waals surface area contributed by atoms with E-state index >= 15 is 0 Å². The number of anilines is 1. The van der Waals surface area contributed by atoms with Crippen LogP contribution in [0.25, 0.3) is 0 Å². The summed E-state index contributed by atoms with van der Waals surface area (Å²) in [6.45, 7) is 8.45. The maximum Gasteiger partial charge on any atom is 0.223 e. The Morgan fingerprint density at radius 2 is 2.00 bits per heavy atom. The van der Waals surface area contributed by atoms with E-state index in [2.05, 4.69) is 21.2 Å². The Morgan fingerprint density at radius 3 is 2.52 bits per heavy atom. The van der Waals surface area contributed by atoms with Crippen molar-refractivity contribution in [2.24, 2.45) is 5.92 Å². The van der Waals surface area contributed by atoms with Crippen LogP contribution in [0.5, 0.6) is 0 Å². The monoisotopic (exact) mass is 354 g/mol. The lowest BCUT2D eigenvalue weighted by Gasteiger charge is -2.23. The molecule has 5 heteroatoms. The maximum atomic E-state index is 11.8. The van der Waals surface area contributed by atoms with Gasteiger partial charge in [-0.2, -0.15) is 0 Å². The number of amides is 2. The van der Waals surface area contributed by atoms with Gasteiger partial charge >= 0.3 is 0 Å². The average Bonchev–Trinajstić information content (AvgIpc) is 2.34. The number of hydrogen-bond acceptors (Lipinski definition) is 2. The summed E-state index contributed by atoms with van der Waals surface area (Å²) in [7, 11) is 0. The van der Waals surface area contributed by atoms with E-state index in [1.807, 2.05) is 39.0 Å². The number of nitrogens with one attached hydrogen (secondary N) is 1. The molecule has 0 aromatic heterocycles. The maximum absolute atomic E-state index is 11.8. The molecule has 0 unspecified atom stereocenters. The highest BCUT2D eigenvalue weighted by Crippen LogP contribution is 2.27. The molecule has 21 heavy (non-hydrogen) atoms. The molecule has 0 heterocycles. The fourth-order valence-electron chi connectivity index (χ4n) is 2.03. The minimum absolute atomic E-state index is 0.0245. The number of rotatable bonds is 6. The summed E-state index contributed by atoms with van der Waals surface area (Å²) in [6, 6.07) is 5.85. The van der Waals surface area contributed by atoms with Crippen molar-refractivity contribution in [2.45, 2.75) is 34.1 Å². The topological polar surface area (TPSA) is 49.4 Å². The molecule has 0 fully saturated rings. The molecule has 2 amide bonds. The molecular weight excluding hydrogens is 332 g/mol. The van der Waals surface area contributed by atoms with Crippen LogP contribution in [0.1, 0.15) is 32.8 Å². The van der Waals surface area contributed by atoms with Crippen molar-refractivity contribution in [1.82, 2.24) is 5.32 Å². The van der Waals surface area contributed by atoms with E-state index in [4.69, 9.17) is 0 Å². The fourth-order valence-corrected chi connectivity index (χ4v) is 2.74. The van der Waals surface area contributed by atoms with Crippen LogP contribution in [0.2, 0.25) is 0 Å². The Kier molecular flexibility index (Phi) is 6.89. The predicted molar refractivity (Wildman–Crippen MR) is 89.4 cm³/mol. The Labute approximate surface area is 135 Å². The number of aryl methyl sites for hydroxylation is 1. The summed E-state index contributed by atoms with van der Waals surface area (Å²) in [6.07, 6.45) is 0.508. The van der Waals surface area contributed by atoms with Gasteiger partial charge in [0.2, 0.25) is 11.8 Å². The van der Waals surface area contributed by atoms with Crippen molar-refractivity contribution < 1.29 is 9.59 Å². The summed E-state index contributed by atoms with van der Waals surface area (Å²) in [5, 5.41) is 2.85. The van der Waals surface area contributed by atoms with Gasteiger partial charge in [-0.05, 0) is 46.5 Å². The van der Waals surface area contributed by atoms with E-state index in [-0.39, 0.29) is 11.8 Å². The zero-order valence-electron chi connectivity index (χ0n) is 13.1. The van der Waals surface area contributed by atoms with Gasteiger partial charge in [-0.3, -0.25) is 9.59 Å². The van der Waals surface area contributed by atoms with Crippen molar-refractivity contribution >= 4 is 33.4 Å². The molecule has 0 saturated carbocycles. The molecular formula is C16H23BrN2O2. The molecule has 4 nitrogen and oxygen atoms in total. The number of benzene rings is 1. The quantitative estimate of drug-likeness (QED) is 0.852. The lowest BCUT2D eigenvalue weighted by atomic mass is 10.1. The van der Waals surface area contributed by atoms with Crippen LogP contribution in [0.4, 0.5) is 5.69 Å². The zero-order chi connectivity index (χ0) is 16.0. The van der Waals surface area contributed by atoms with Gasteiger partial charge in [-0.15, -0.1) is 0 Å². The second kappa shape index (κ2) is 8.17. The van der Waals surface area contributed by atoms with E-state index in [0.29, 0.717) is 25.4 Å². The van der Waals surface area contributed by atoms with Crippen LogP contribution < -0.4 is 10.2 Å². The number of carbonyl (C=O) groups is 2. The second-order valence-corrected chi connectivity index (χ2v) is 6.43. The van der Waals surface area contributed by atoms with Crippen molar-refractivity contribution in [3.63, 3.8) is 0 Å². The Morgan fingerprint density at radius 1 is 1.33 bits per heavy atom. The summed E-state index contributed by atoms with van der Waals surface area (Å²) < 4.78 is 0.881. The van der Waals surface area contributed by atoms with Crippen LogP contribution in [-0.2, 0) is 9.59 Å². The van der Waals surface area contributed by atoms with E-state index in [1.54, 1.807) is 4.90 Å². The van der Waals surface area contributed by atoms with Gasteiger partial charge in [0, 0.05) is 30.9 Å². The SMILES string of the molecule is CC(=O)N(CCNC(=O)CC(C)C)c1ccc(C)cc1Br. The predicted octanol–water partition coefficient (Wildman–Crippen LogP) is 3.27. The number of carbonyl (C=O) groups excluding carboxylic acids is 2. The van der Waals surface area contributed by atoms with Gasteiger partial charge in [-0.1, -0.05) is 19.9 Å². The third-order valence-corrected chi connectivity index (χ3v) is 3.66. The van der Waals surface area contributed by atoms with E-state index in [1.165, 1.54) is 6.92 Å². The van der Waals surface area contributed by atoms with E-state index < -0.39 is 0 Å². The lowest BCUT2D eigenvalue weighted by molar-refractivity contribution is -0.122. The van der Waals surface area contributed by atoms with Gasteiger partial charge in [0.05, 0.1) is 5.69 Å². The van der Waals surface area contributed by atoms with E-state index in [0.717, 1.165) is 15.7 Å². The standard InChI is InChI=1S/C16H23BrN2O2/c1-11(2)9-16(21)18-7-8-19(13(4)20)15-6-5-12(3)10-14(15)17/h5-6,10-11H,7-9H2,1-4H3,(H,18,21). The van der Waals surface area contributed by atoms with Gasteiger partial charge in [0.15, 0.2) is 0 Å². The van der Waals surface area contributed by atoms with Crippen molar-refractivity contribution in [1.29, 1.82) is 0 Å². The van der Waals surface area contributed by atoms with Crippen LogP contribution >= 0.6 is 15.9 Å². The van der Waals surface area contributed by atoms with Crippen LogP contribution in [0, 0.1) is 12.8 Å². The Balaban J connectivity index is 2.67. The van der Waals surface area contributed by atoms with Crippen molar-refractivity contribution in [3.05, 3.63) is 28.2 Å². The Hall–Kier alpha value is -1.36. The zero-order valence-corrected chi connectivity index (χ0v) is 14.7. The van der Waals surface area contributed by atoms with Gasteiger partial charge in [0.25, 0.3) is 0 Å². The van der Waals surface area contributed by atoms with E-state index in [9.17, 15) is 9.59 Å². The summed E-state index contributed by atoms with van der Waals surface area (Å²) in [5.41, 5.74) is 1.95. The summed E-state index contributed by atoms with van der Waals surface area (Å²) >= 11 is 3.49. The fraction of sp³-hybridized carbons (Fsp3) is 0.500. The molecule has 0 saturated heterocycles. The van der Waals surface area contributed by atoms with Crippen LogP contribution in [0.3, 0.4) is 0 Å². The summed E-state index contributed by atoms with van der Waals surface area (Å²) in [5.74, 6) is 0.314. The van der Waals surface area contributed by atoms with Gasteiger partial charge in [0.1, 0.15) is 0 Å². The van der Waals surface area contributed by atoms with Gasteiger partial charge in [-0.25, -0.2) is 0 Å². The summed E-state index contributed by atoms with van der Waals surface area (Å²) in [4.78, 5) is 25.1. The average molecular weight is 355 g/mol. The number of nitrogens with zero attached hydrogens (tertiary/aromatic N) is 1. The first-order chi connectivity index (χ1) is 9.81. The second-order valence-electron chi connectivity index (χ2n) is 5.57. The molecule has 0 bridgehead atoms. The minimum atomic E-state index is -0.0438. The number of halogens is 1. The molecule has 116 valence electrons. The van der Waals surface area contributed by atoms with Crippen LogP contribution in [-0.4, -0.2) is 24.9 Å². The highest BCUT2D eigenvalue weighted by Gasteiger charge is 2.14. The molecule has 0 spiro atoms. The molecule has 1 aromatic carbocycles. The van der Waals surface area contributed by atoms with Crippen molar-refractivity contribution in [3.8, 4) is 0 Å². The molecule has 0 aliphatic heterocycles. The third kappa shape index (κ3) is 5.87. The first-order valence-electron chi connectivity index (χ1n) is 7.12. The smallest absolute Gasteiger partial charge is 0.223 e. The Bertz CT molecular complexity index is 515. The molecule has 0 radical (unpaired) electrons. The third-order valence-electron chi connectivity index (χ3n) is 3.03. The lowest BCUT2D eigenvalue weighted by Crippen LogP contribution is -2.38. The number of hydrogen-bond donors (Lipinski definition) is 1. The molecule has 0 aliphatic rings. The molecule has 0 atom stereocenters. The normalized spacial score (nSPS) is 10.6. The van der Waals surface area contributed by atoms with Crippen LogP contribution in [0.15, 0.2) is 22.7 Å². The molecule has 1 aromatic rings. The molecule has 1 rings (SSSR count). The molecule has 0 aliphatic carbocycles. The molecule has 1 N–H and O–H groups in total. The first-order valence-corrected chi connectivity index (χ1v) is 7.91. The minimum Gasteiger partial charge on any atom is -0.354 e. The highest BCUT2D eigenvalue weighted by molar-refractivity contribution is 9.10. The largest absolute Gasteiger partial charge is 0.354 e. The first kappa shape index (κ1) is 17.7. The highest BCUT2D eigenvalue weighted by atomic mass is 79.9. The van der Waals surface area contributed by atoms with Gasteiger partial charge < -0.3 is 10.2 Å².